The summed E-state index contributed by atoms with van der Waals surface area (Å²) in [6, 6.07) is 12.9. The molecule has 2 amide bonds. The molecule has 4 rings (SSSR count). The van der Waals surface area contributed by atoms with Crippen molar-refractivity contribution in [2.75, 3.05) is 26.2 Å². The second-order valence-corrected chi connectivity index (χ2v) is 9.71. The molecule has 3 aromatic rings. The number of hydrogen-bond donors (Lipinski definition) is 1. The van der Waals surface area contributed by atoms with E-state index in [1.807, 2.05) is 11.4 Å². The zero-order chi connectivity index (χ0) is 21.8. The van der Waals surface area contributed by atoms with Gasteiger partial charge in [0.05, 0.1) is 22.6 Å². The number of nitrogens with one attached hydrogen (secondary N) is 1. The molecule has 0 saturated carbocycles. The molecule has 0 radical (unpaired) electrons. The van der Waals surface area contributed by atoms with Crippen LogP contribution < -0.4 is 4.72 Å². The molecular formula is C21H21N3O5S2. The van der Waals surface area contributed by atoms with Gasteiger partial charge in [0, 0.05) is 31.7 Å². The Hall–Kier alpha value is -2.95. The number of carbonyl (C=O) groups excluding carboxylic acids is 2. The molecule has 1 aromatic carbocycles. The molecule has 1 fully saturated rings. The topological polar surface area (TPSA) is 99.9 Å². The van der Waals surface area contributed by atoms with Gasteiger partial charge >= 0.3 is 0 Å². The molecule has 3 heterocycles. The van der Waals surface area contributed by atoms with E-state index in [9.17, 15) is 18.0 Å². The normalized spacial score (nSPS) is 14.6. The van der Waals surface area contributed by atoms with Crippen LogP contribution in [0.4, 0.5) is 0 Å². The van der Waals surface area contributed by atoms with E-state index < -0.39 is 10.0 Å². The Morgan fingerprint density at radius 2 is 1.71 bits per heavy atom. The average molecular weight is 460 g/mol. The Morgan fingerprint density at radius 1 is 0.968 bits per heavy atom. The lowest BCUT2D eigenvalue weighted by Gasteiger charge is -2.34. The molecule has 31 heavy (non-hydrogen) atoms. The Kier molecular flexibility index (Phi) is 6.21. The van der Waals surface area contributed by atoms with E-state index in [-0.39, 0.29) is 23.3 Å². The van der Waals surface area contributed by atoms with Crippen molar-refractivity contribution >= 4 is 33.2 Å². The smallest absolute Gasteiger partial charge is 0.264 e. The van der Waals surface area contributed by atoms with E-state index in [2.05, 4.69) is 4.72 Å². The number of carbonyl (C=O) groups is 2. The number of piperazine rings is 1. The third-order valence-corrected chi connectivity index (χ3v) is 7.25. The Morgan fingerprint density at radius 3 is 2.35 bits per heavy atom. The molecule has 0 spiro atoms. The van der Waals surface area contributed by atoms with E-state index in [1.165, 1.54) is 29.7 Å². The van der Waals surface area contributed by atoms with Gasteiger partial charge in [-0.05, 0) is 41.8 Å². The first-order valence-corrected chi connectivity index (χ1v) is 12.0. The number of furan rings is 1. The van der Waals surface area contributed by atoms with Crippen molar-refractivity contribution < 1.29 is 22.4 Å². The first kappa shape index (κ1) is 21.3. The van der Waals surface area contributed by atoms with Crippen LogP contribution in [-0.4, -0.2) is 56.2 Å². The minimum Gasteiger partial charge on any atom is -0.468 e. The van der Waals surface area contributed by atoms with Crippen LogP contribution in [0.3, 0.4) is 0 Å². The monoisotopic (exact) mass is 459 g/mol. The van der Waals surface area contributed by atoms with Crippen molar-refractivity contribution in [1.82, 2.24) is 14.5 Å². The van der Waals surface area contributed by atoms with E-state index in [4.69, 9.17) is 4.42 Å². The lowest BCUT2D eigenvalue weighted by atomic mass is 10.2. The fourth-order valence-corrected chi connectivity index (χ4v) is 5.04. The zero-order valence-electron chi connectivity index (χ0n) is 16.6. The van der Waals surface area contributed by atoms with E-state index >= 15 is 0 Å². The van der Waals surface area contributed by atoms with Gasteiger partial charge in [0.15, 0.2) is 0 Å². The van der Waals surface area contributed by atoms with Crippen molar-refractivity contribution in [1.29, 1.82) is 0 Å². The van der Waals surface area contributed by atoms with Crippen LogP contribution in [0, 0.1) is 0 Å². The lowest BCUT2D eigenvalue weighted by Crippen LogP contribution is -2.50. The van der Waals surface area contributed by atoms with Gasteiger partial charge in [0.25, 0.3) is 11.8 Å². The molecule has 1 aliphatic heterocycles. The number of nitrogens with zero attached hydrogens (tertiary/aromatic N) is 2. The fourth-order valence-electron chi connectivity index (χ4n) is 3.31. The largest absolute Gasteiger partial charge is 0.468 e. The number of hydrogen-bond acceptors (Lipinski definition) is 6. The summed E-state index contributed by atoms with van der Waals surface area (Å²) in [7, 11) is -3.80. The second-order valence-electron chi connectivity index (χ2n) is 6.99. The molecule has 162 valence electrons. The molecule has 1 N–H and O–H groups in total. The van der Waals surface area contributed by atoms with Crippen molar-refractivity contribution in [3.63, 3.8) is 0 Å². The number of sulfonamides is 1. The summed E-state index contributed by atoms with van der Waals surface area (Å²) < 4.78 is 32.8. The first-order valence-electron chi connectivity index (χ1n) is 9.68. The molecule has 0 unspecified atom stereocenters. The summed E-state index contributed by atoms with van der Waals surface area (Å²) in [5.74, 6) is 0.204. The van der Waals surface area contributed by atoms with Gasteiger partial charge in [-0.1, -0.05) is 12.1 Å². The van der Waals surface area contributed by atoms with Crippen molar-refractivity contribution in [2.45, 2.75) is 11.4 Å². The summed E-state index contributed by atoms with van der Waals surface area (Å²) in [5.41, 5.74) is 0.291. The summed E-state index contributed by atoms with van der Waals surface area (Å²) in [6.07, 6.45) is 1.47. The molecule has 10 heteroatoms. The Labute approximate surface area is 184 Å². The second kappa shape index (κ2) is 9.04. The highest BCUT2D eigenvalue weighted by Crippen LogP contribution is 2.17. The maximum Gasteiger partial charge on any atom is 0.264 e. The number of benzene rings is 1. The zero-order valence-corrected chi connectivity index (χ0v) is 18.2. The average Bonchev–Trinajstić information content (AvgIpc) is 3.51. The highest BCUT2D eigenvalue weighted by atomic mass is 32.2. The van der Waals surface area contributed by atoms with Gasteiger partial charge < -0.3 is 14.2 Å². The van der Waals surface area contributed by atoms with Gasteiger partial charge in [0.1, 0.15) is 5.76 Å². The van der Waals surface area contributed by atoms with Crippen LogP contribution in [0.25, 0.3) is 0 Å². The lowest BCUT2D eigenvalue weighted by molar-refractivity contribution is 0.0538. The van der Waals surface area contributed by atoms with Crippen LogP contribution in [0.1, 0.15) is 25.8 Å². The maximum absolute atomic E-state index is 12.9. The van der Waals surface area contributed by atoms with Crippen molar-refractivity contribution in [3.05, 3.63) is 76.4 Å². The van der Waals surface area contributed by atoms with E-state index in [1.54, 1.807) is 40.1 Å². The van der Waals surface area contributed by atoms with Gasteiger partial charge in [-0.15, -0.1) is 11.3 Å². The number of thiophene rings is 1. The molecule has 0 aliphatic carbocycles. The minimum atomic E-state index is -3.80. The molecule has 0 bridgehead atoms. The third-order valence-electron chi connectivity index (χ3n) is 4.99. The van der Waals surface area contributed by atoms with Crippen LogP contribution in [0.2, 0.25) is 0 Å². The number of rotatable bonds is 6. The highest BCUT2D eigenvalue weighted by molar-refractivity contribution is 7.89. The van der Waals surface area contributed by atoms with Crippen LogP contribution >= 0.6 is 11.3 Å². The molecular weight excluding hydrogens is 438 g/mol. The van der Waals surface area contributed by atoms with E-state index in [0.717, 1.165) is 0 Å². The van der Waals surface area contributed by atoms with Gasteiger partial charge in [-0.25, -0.2) is 13.1 Å². The third kappa shape index (κ3) is 4.87. The van der Waals surface area contributed by atoms with Crippen LogP contribution in [0.5, 0.6) is 0 Å². The Bertz CT molecular complexity index is 1150. The van der Waals surface area contributed by atoms with Gasteiger partial charge in [0.2, 0.25) is 10.0 Å². The van der Waals surface area contributed by atoms with Gasteiger partial charge in [-0.3, -0.25) is 9.59 Å². The standard InChI is InChI=1S/C21H21N3O5S2/c25-20(23-8-10-24(11-9-23)21(26)19-7-3-13-30-19)16-4-1-6-18(14-16)31(27,28)22-15-17-5-2-12-29-17/h1-7,12-14,22H,8-11,15H2. The highest BCUT2D eigenvalue weighted by Gasteiger charge is 2.26. The summed E-state index contributed by atoms with van der Waals surface area (Å²) >= 11 is 1.40. The van der Waals surface area contributed by atoms with Crippen LogP contribution in [-0.2, 0) is 16.6 Å². The Balaban J connectivity index is 1.40. The summed E-state index contributed by atoms with van der Waals surface area (Å²) in [5, 5.41) is 1.86. The van der Waals surface area contributed by atoms with Crippen molar-refractivity contribution in [2.24, 2.45) is 0 Å². The predicted molar refractivity (Wildman–Crippen MR) is 115 cm³/mol. The van der Waals surface area contributed by atoms with Crippen molar-refractivity contribution in [3.8, 4) is 0 Å². The minimum absolute atomic E-state index is 0.0106. The SMILES string of the molecule is O=C(c1cccc(S(=O)(=O)NCc2ccco2)c1)N1CCN(C(=O)c2cccs2)CC1. The number of amides is 2. The molecule has 0 atom stereocenters. The summed E-state index contributed by atoms with van der Waals surface area (Å²) in [4.78, 5) is 29.4. The first-order chi connectivity index (χ1) is 14.9. The fraction of sp³-hybridized carbons (Fsp3) is 0.238. The van der Waals surface area contributed by atoms with Crippen LogP contribution in [0.15, 0.2) is 69.5 Å². The quantitative estimate of drug-likeness (QED) is 0.610. The van der Waals surface area contributed by atoms with Gasteiger partial charge in [-0.2, -0.15) is 0 Å². The maximum atomic E-state index is 12.9. The molecule has 8 nitrogen and oxygen atoms in total. The molecule has 1 aliphatic rings. The summed E-state index contributed by atoms with van der Waals surface area (Å²) in [6.45, 7) is 1.68. The van der Waals surface area contributed by atoms with E-state index in [0.29, 0.717) is 42.4 Å². The molecule has 1 saturated heterocycles. The predicted octanol–water partition coefficient (Wildman–Crippen LogP) is 2.42. The molecule has 2 aromatic heterocycles.